The van der Waals surface area contributed by atoms with E-state index in [4.69, 9.17) is 0 Å². The van der Waals surface area contributed by atoms with Crippen molar-refractivity contribution in [3.8, 4) is 0 Å². The van der Waals surface area contributed by atoms with Crippen LogP contribution in [0.3, 0.4) is 0 Å². The van der Waals surface area contributed by atoms with Crippen LogP contribution in [0.4, 0.5) is 0 Å². The molecule has 1 atom stereocenters. The fraction of sp³-hybridized carbons (Fsp3) is 0.600. The fourth-order valence-electron chi connectivity index (χ4n) is 1.96. The first-order chi connectivity index (χ1) is 7.77. The fourth-order valence-corrected chi connectivity index (χ4v) is 1.96. The summed E-state index contributed by atoms with van der Waals surface area (Å²) in [5, 5.41) is 3.66. The summed E-state index contributed by atoms with van der Waals surface area (Å²) >= 11 is 0. The van der Waals surface area contributed by atoms with Crippen LogP contribution in [0.2, 0.25) is 0 Å². The maximum atomic E-state index is 3.66. The summed E-state index contributed by atoms with van der Waals surface area (Å²) in [5.74, 6) is 0. The van der Waals surface area contributed by atoms with Crippen molar-refractivity contribution in [1.82, 2.24) is 5.32 Å². The van der Waals surface area contributed by atoms with Crippen molar-refractivity contribution >= 4 is 0 Å². The third-order valence-electron chi connectivity index (χ3n) is 3.24. The minimum absolute atomic E-state index is 0.680. The highest BCUT2D eigenvalue weighted by Crippen LogP contribution is 2.09. The quantitative estimate of drug-likeness (QED) is 0.729. The van der Waals surface area contributed by atoms with Crippen molar-refractivity contribution in [3.63, 3.8) is 0 Å². The summed E-state index contributed by atoms with van der Waals surface area (Å²) in [4.78, 5) is 0. The molecule has 1 rings (SSSR count). The van der Waals surface area contributed by atoms with E-state index in [1.807, 2.05) is 0 Å². The Morgan fingerprint density at radius 3 is 2.56 bits per heavy atom. The summed E-state index contributed by atoms with van der Waals surface area (Å²) in [6.45, 7) is 7.72. The molecule has 90 valence electrons. The molecule has 0 spiro atoms. The number of nitrogens with one attached hydrogen (secondary N) is 1. The third kappa shape index (κ3) is 4.36. The van der Waals surface area contributed by atoms with Gasteiger partial charge in [-0.15, -0.1) is 0 Å². The Labute approximate surface area is 100 Å². The zero-order valence-electron chi connectivity index (χ0n) is 10.9. The van der Waals surface area contributed by atoms with Gasteiger partial charge in [0.05, 0.1) is 0 Å². The standard InChI is InChI=1S/C15H25N/c1-4-6-11-15(5-2)16-12-14-10-8-7-9-13(14)3/h7-10,15-16H,4-6,11-12H2,1-3H3. The van der Waals surface area contributed by atoms with Gasteiger partial charge in [0.2, 0.25) is 0 Å². The van der Waals surface area contributed by atoms with Crippen LogP contribution in [-0.4, -0.2) is 6.04 Å². The molecule has 1 unspecified atom stereocenters. The van der Waals surface area contributed by atoms with Gasteiger partial charge >= 0.3 is 0 Å². The Hall–Kier alpha value is -0.820. The van der Waals surface area contributed by atoms with Crippen LogP contribution >= 0.6 is 0 Å². The van der Waals surface area contributed by atoms with Crippen LogP contribution in [0.5, 0.6) is 0 Å². The lowest BCUT2D eigenvalue weighted by molar-refractivity contribution is 0.451. The highest BCUT2D eigenvalue weighted by Gasteiger charge is 2.05. The van der Waals surface area contributed by atoms with Gasteiger partial charge in [0.15, 0.2) is 0 Å². The largest absolute Gasteiger partial charge is 0.310 e. The van der Waals surface area contributed by atoms with Gasteiger partial charge in [-0.1, -0.05) is 51.0 Å². The molecule has 0 aliphatic carbocycles. The average Bonchev–Trinajstić information content (AvgIpc) is 2.31. The topological polar surface area (TPSA) is 12.0 Å². The molecule has 16 heavy (non-hydrogen) atoms. The first-order valence-corrected chi connectivity index (χ1v) is 6.55. The van der Waals surface area contributed by atoms with Crippen LogP contribution in [-0.2, 0) is 6.54 Å². The van der Waals surface area contributed by atoms with Crippen molar-refractivity contribution < 1.29 is 0 Å². The van der Waals surface area contributed by atoms with Gasteiger partial charge in [0.25, 0.3) is 0 Å². The number of unbranched alkanes of at least 4 members (excludes halogenated alkanes) is 1. The zero-order chi connectivity index (χ0) is 11.8. The number of hydrogen-bond donors (Lipinski definition) is 1. The second-order valence-corrected chi connectivity index (χ2v) is 4.55. The molecule has 0 fully saturated rings. The number of benzene rings is 1. The smallest absolute Gasteiger partial charge is 0.0210 e. The molecule has 1 aromatic rings. The van der Waals surface area contributed by atoms with Gasteiger partial charge in [-0.3, -0.25) is 0 Å². The molecule has 0 aromatic heterocycles. The Balaban J connectivity index is 2.40. The number of rotatable bonds is 7. The van der Waals surface area contributed by atoms with E-state index in [1.54, 1.807) is 0 Å². The Morgan fingerprint density at radius 2 is 1.94 bits per heavy atom. The van der Waals surface area contributed by atoms with E-state index < -0.39 is 0 Å². The Kier molecular flexibility index (Phi) is 6.17. The van der Waals surface area contributed by atoms with Crippen LogP contribution in [0.25, 0.3) is 0 Å². The van der Waals surface area contributed by atoms with E-state index in [9.17, 15) is 0 Å². The van der Waals surface area contributed by atoms with Gasteiger partial charge in [-0.25, -0.2) is 0 Å². The van der Waals surface area contributed by atoms with Gasteiger partial charge in [-0.05, 0) is 30.9 Å². The van der Waals surface area contributed by atoms with Crippen LogP contribution in [0.15, 0.2) is 24.3 Å². The van der Waals surface area contributed by atoms with Crippen LogP contribution in [0.1, 0.15) is 50.7 Å². The number of aryl methyl sites for hydroxylation is 1. The molecular weight excluding hydrogens is 194 g/mol. The van der Waals surface area contributed by atoms with Crippen LogP contribution in [0, 0.1) is 6.92 Å². The molecule has 0 amide bonds. The lowest BCUT2D eigenvalue weighted by atomic mass is 10.1. The van der Waals surface area contributed by atoms with Crippen LogP contribution < -0.4 is 5.32 Å². The Morgan fingerprint density at radius 1 is 1.19 bits per heavy atom. The van der Waals surface area contributed by atoms with Gasteiger partial charge in [0.1, 0.15) is 0 Å². The summed E-state index contributed by atoms with van der Waals surface area (Å²) in [5.41, 5.74) is 2.82. The molecule has 1 N–H and O–H groups in total. The van der Waals surface area contributed by atoms with Gasteiger partial charge in [0, 0.05) is 12.6 Å². The molecule has 0 radical (unpaired) electrons. The molecule has 0 aliphatic rings. The zero-order valence-corrected chi connectivity index (χ0v) is 10.9. The number of hydrogen-bond acceptors (Lipinski definition) is 1. The van der Waals surface area contributed by atoms with Gasteiger partial charge in [-0.2, -0.15) is 0 Å². The monoisotopic (exact) mass is 219 g/mol. The molecular formula is C15H25N. The molecule has 1 nitrogen and oxygen atoms in total. The van der Waals surface area contributed by atoms with Crippen molar-refractivity contribution in [1.29, 1.82) is 0 Å². The molecule has 0 saturated carbocycles. The predicted molar refractivity (Wildman–Crippen MR) is 71.6 cm³/mol. The second kappa shape index (κ2) is 7.45. The van der Waals surface area contributed by atoms with E-state index in [1.165, 1.54) is 36.8 Å². The molecule has 0 saturated heterocycles. The minimum Gasteiger partial charge on any atom is -0.310 e. The summed E-state index contributed by atoms with van der Waals surface area (Å²) in [6, 6.07) is 9.31. The van der Waals surface area contributed by atoms with Crippen molar-refractivity contribution in [2.45, 2.75) is 59.0 Å². The normalized spacial score (nSPS) is 12.7. The molecule has 0 heterocycles. The lowest BCUT2D eigenvalue weighted by Crippen LogP contribution is -2.28. The molecule has 0 bridgehead atoms. The second-order valence-electron chi connectivity index (χ2n) is 4.55. The molecule has 1 aromatic carbocycles. The summed E-state index contributed by atoms with van der Waals surface area (Å²) in [6.07, 6.45) is 5.16. The van der Waals surface area contributed by atoms with E-state index in [0.717, 1.165) is 6.54 Å². The lowest BCUT2D eigenvalue weighted by Gasteiger charge is -2.17. The highest BCUT2D eigenvalue weighted by molar-refractivity contribution is 5.25. The predicted octanol–water partition coefficient (Wildman–Crippen LogP) is 4.05. The van der Waals surface area contributed by atoms with Crippen molar-refractivity contribution in [3.05, 3.63) is 35.4 Å². The molecule has 0 aliphatic heterocycles. The summed E-state index contributed by atoms with van der Waals surface area (Å²) in [7, 11) is 0. The average molecular weight is 219 g/mol. The van der Waals surface area contributed by atoms with Gasteiger partial charge < -0.3 is 5.32 Å². The SMILES string of the molecule is CCCCC(CC)NCc1ccccc1C. The Bertz CT molecular complexity index is 293. The minimum atomic E-state index is 0.680. The highest BCUT2D eigenvalue weighted by atomic mass is 14.9. The maximum Gasteiger partial charge on any atom is 0.0210 e. The first kappa shape index (κ1) is 13.2. The van der Waals surface area contributed by atoms with E-state index in [2.05, 4.69) is 50.4 Å². The molecule has 1 heteroatoms. The van der Waals surface area contributed by atoms with Crippen molar-refractivity contribution in [2.75, 3.05) is 0 Å². The van der Waals surface area contributed by atoms with E-state index >= 15 is 0 Å². The third-order valence-corrected chi connectivity index (χ3v) is 3.24. The summed E-state index contributed by atoms with van der Waals surface area (Å²) < 4.78 is 0. The first-order valence-electron chi connectivity index (χ1n) is 6.55. The van der Waals surface area contributed by atoms with E-state index in [0.29, 0.717) is 6.04 Å². The van der Waals surface area contributed by atoms with E-state index in [-0.39, 0.29) is 0 Å². The maximum absolute atomic E-state index is 3.66. The van der Waals surface area contributed by atoms with Crippen molar-refractivity contribution in [2.24, 2.45) is 0 Å².